The highest BCUT2D eigenvalue weighted by Crippen LogP contribution is 2.12. The number of hydrogen-bond acceptors (Lipinski definition) is 5. The predicted molar refractivity (Wildman–Crippen MR) is 96.9 cm³/mol. The van der Waals surface area contributed by atoms with Crippen molar-refractivity contribution >= 4 is 40.7 Å². The third-order valence-corrected chi connectivity index (χ3v) is 4.13. The summed E-state index contributed by atoms with van der Waals surface area (Å²) in [6, 6.07) is 10.9. The van der Waals surface area contributed by atoms with Crippen LogP contribution in [0.3, 0.4) is 0 Å². The Morgan fingerprint density at radius 1 is 1.35 bits per heavy atom. The minimum Gasteiger partial charge on any atom is -0.468 e. The smallest absolute Gasteiger partial charge is 0.337 e. The van der Waals surface area contributed by atoms with Gasteiger partial charge in [0, 0.05) is 18.0 Å². The molecule has 122 valence electrons. The normalized spacial score (nSPS) is 10.1. The monoisotopic (exact) mass is 350 g/mol. The number of thiocarbonyl (C=S) groups is 1. The summed E-state index contributed by atoms with van der Waals surface area (Å²) in [4.78, 5) is 11.5. The van der Waals surface area contributed by atoms with E-state index in [0.29, 0.717) is 10.7 Å². The van der Waals surface area contributed by atoms with E-state index in [4.69, 9.17) is 21.4 Å². The second-order valence-corrected chi connectivity index (χ2v) is 6.10. The summed E-state index contributed by atoms with van der Waals surface area (Å²) in [5.74, 6) is 2.35. The highest BCUT2D eigenvalue weighted by Gasteiger charge is 2.06. The molecule has 23 heavy (non-hydrogen) atoms. The highest BCUT2D eigenvalue weighted by atomic mass is 32.2. The van der Waals surface area contributed by atoms with Crippen molar-refractivity contribution in [3.05, 3.63) is 54.0 Å². The number of hydrogen-bond donors (Lipinski definition) is 2. The standard InChI is InChI=1S/C16H18N2O3S2/c1-20-15(19)12-4-2-5-13(10-12)18-16(22)17-7-9-23-11-14-6-3-8-21-14/h2-6,8,10H,7,9,11H2,1H3,(H2,17,18,22). The first kappa shape index (κ1) is 17.4. The van der Waals surface area contributed by atoms with Crippen LogP contribution in [-0.4, -0.2) is 30.5 Å². The zero-order valence-corrected chi connectivity index (χ0v) is 14.3. The van der Waals surface area contributed by atoms with Crippen LogP contribution in [0.25, 0.3) is 0 Å². The Morgan fingerprint density at radius 2 is 2.22 bits per heavy atom. The van der Waals surface area contributed by atoms with E-state index in [1.807, 2.05) is 18.2 Å². The van der Waals surface area contributed by atoms with E-state index >= 15 is 0 Å². The zero-order chi connectivity index (χ0) is 16.5. The lowest BCUT2D eigenvalue weighted by atomic mass is 10.2. The number of carbonyl (C=O) groups excluding carboxylic acids is 1. The van der Waals surface area contributed by atoms with Crippen molar-refractivity contribution < 1.29 is 13.9 Å². The molecule has 0 aliphatic rings. The van der Waals surface area contributed by atoms with Crippen molar-refractivity contribution in [2.45, 2.75) is 5.75 Å². The Kier molecular flexibility index (Phi) is 6.96. The van der Waals surface area contributed by atoms with Gasteiger partial charge in [0.25, 0.3) is 0 Å². The minimum absolute atomic E-state index is 0.373. The van der Waals surface area contributed by atoms with Crippen molar-refractivity contribution in [3.8, 4) is 0 Å². The van der Waals surface area contributed by atoms with Crippen molar-refractivity contribution in [1.82, 2.24) is 5.32 Å². The van der Waals surface area contributed by atoms with E-state index in [1.165, 1.54) is 7.11 Å². The maximum Gasteiger partial charge on any atom is 0.337 e. The molecule has 2 rings (SSSR count). The Morgan fingerprint density at radius 3 is 2.96 bits per heavy atom. The topological polar surface area (TPSA) is 63.5 Å². The van der Waals surface area contributed by atoms with Crippen LogP contribution in [0.2, 0.25) is 0 Å². The summed E-state index contributed by atoms with van der Waals surface area (Å²) in [6.07, 6.45) is 1.68. The van der Waals surface area contributed by atoms with Crippen molar-refractivity contribution in [2.75, 3.05) is 24.7 Å². The summed E-state index contributed by atoms with van der Waals surface area (Å²) >= 11 is 7.00. The third-order valence-electron chi connectivity index (χ3n) is 2.90. The van der Waals surface area contributed by atoms with Gasteiger partial charge in [0.2, 0.25) is 0 Å². The van der Waals surface area contributed by atoms with E-state index in [9.17, 15) is 4.79 Å². The molecule has 1 aromatic carbocycles. The number of benzene rings is 1. The van der Waals surface area contributed by atoms with Crippen LogP contribution in [0.4, 0.5) is 5.69 Å². The lowest BCUT2D eigenvalue weighted by Crippen LogP contribution is -2.30. The average Bonchev–Trinajstić information content (AvgIpc) is 3.07. The molecule has 0 saturated heterocycles. The molecule has 0 saturated carbocycles. The lowest BCUT2D eigenvalue weighted by molar-refractivity contribution is 0.0601. The highest BCUT2D eigenvalue weighted by molar-refractivity contribution is 7.98. The van der Waals surface area contributed by atoms with Gasteiger partial charge in [-0.15, -0.1) is 0 Å². The van der Waals surface area contributed by atoms with Crippen LogP contribution in [0, 0.1) is 0 Å². The van der Waals surface area contributed by atoms with E-state index in [2.05, 4.69) is 10.6 Å². The SMILES string of the molecule is COC(=O)c1cccc(NC(=S)NCCSCc2ccco2)c1. The van der Waals surface area contributed by atoms with Crippen molar-refractivity contribution in [2.24, 2.45) is 0 Å². The molecule has 0 spiro atoms. The van der Waals surface area contributed by atoms with Crippen molar-refractivity contribution in [3.63, 3.8) is 0 Å². The number of esters is 1. The largest absolute Gasteiger partial charge is 0.468 e. The number of methoxy groups -OCH3 is 1. The number of ether oxygens (including phenoxy) is 1. The number of anilines is 1. The molecule has 1 heterocycles. The molecule has 0 aliphatic carbocycles. The first-order chi connectivity index (χ1) is 11.2. The molecule has 0 amide bonds. The third kappa shape index (κ3) is 5.96. The van der Waals surface area contributed by atoms with Gasteiger partial charge in [-0.1, -0.05) is 6.07 Å². The van der Waals surface area contributed by atoms with Crippen LogP contribution < -0.4 is 10.6 Å². The molecule has 1 aromatic heterocycles. The summed E-state index contributed by atoms with van der Waals surface area (Å²) in [7, 11) is 1.36. The van der Waals surface area contributed by atoms with Crippen molar-refractivity contribution in [1.29, 1.82) is 0 Å². The molecular weight excluding hydrogens is 332 g/mol. The fourth-order valence-electron chi connectivity index (χ4n) is 1.82. The maximum absolute atomic E-state index is 11.5. The van der Waals surface area contributed by atoms with E-state index in [1.54, 1.807) is 36.2 Å². The minimum atomic E-state index is -0.373. The number of thioether (sulfide) groups is 1. The van der Waals surface area contributed by atoms with E-state index in [0.717, 1.165) is 29.5 Å². The van der Waals surface area contributed by atoms with E-state index < -0.39 is 0 Å². The summed E-state index contributed by atoms with van der Waals surface area (Å²) < 4.78 is 9.96. The van der Waals surface area contributed by atoms with Crippen LogP contribution in [0.15, 0.2) is 47.1 Å². The number of furan rings is 1. The quantitative estimate of drug-likeness (QED) is 0.451. The Labute approximate surface area is 144 Å². The molecule has 0 radical (unpaired) electrons. The first-order valence-corrected chi connectivity index (χ1v) is 8.58. The Hall–Kier alpha value is -1.99. The molecule has 5 nitrogen and oxygen atoms in total. The van der Waals surface area contributed by atoms with Gasteiger partial charge in [0.05, 0.1) is 24.7 Å². The fraction of sp³-hybridized carbons (Fsp3) is 0.250. The van der Waals surface area contributed by atoms with E-state index in [-0.39, 0.29) is 5.97 Å². The summed E-state index contributed by atoms with van der Waals surface area (Å²) in [5.41, 5.74) is 1.22. The Balaban J connectivity index is 1.69. The Bertz CT molecular complexity index is 645. The first-order valence-electron chi connectivity index (χ1n) is 7.02. The van der Waals surface area contributed by atoms with Crippen LogP contribution in [0.1, 0.15) is 16.1 Å². The molecule has 2 N–H and O–H groups in total. The molecule has 0 fully saturated rings. The second kappa shape index (κ2) is 9.22. The van der Waals surface area contributed by atoms with Gasteiger partial charge in [0.1, 0.15) is 5.76 Å². The lowest BCUT2D eigenvalue weighted by Gasteiger charge is -2.11. The van der Waals surface area contributed by atoms with Gasteiger partial charge >= 0.3 is 5.97 Å². The summed E-state index contributed by atoms with van der Waals surface area (Å²) in [5, 5.41) is 6.70. The van der Waals surface area contributed by atoms with Gasteiger partial charge < -0.3 is 19.8 Å². The van der Waals surface area contributed by atoms with Crippen LogP contribution in [-0.2, 0) is 10.5 Å². The van der Waals surface area contributed by atoms with Gasteiger partial charge in [-0.2, -0.15) is 11.8 Å². The molecule has 0 unspecified atom stereocenters. The molecule has 7 heteroatoms. The summed E-state index contributed by atoms with van der Waals surface area (Å²) in [6.45, 7) is 0.744. The molecule has 0 aliphatic heterocycles. The van der Waals surface area contributed by atoms with Gasteiger partial charge in [-0.05, 0) is 42.5 Å². The number of carbonyl (C=O) groups is 1. The fourth-order valence-corrected chi connectivity index (χ4v) is 2.80. The van der Waals surface area contributed by atoms with Crippen LogP contribution >= 0.6 is 24.0 Å². The van der Waals surface area contributed by atoms with Crippen LogP contribution in [0.5, 0.6) is 0 Å². The zero-order valence-electron chi connectivity index (χ0n) is 12.7. The molecular formula is C16H18N2O3S2. The molecule has 0 atom stereocenters. The second-order valence-electron chi connectivity index (χ2n) is 4.59. The number of nitrogens with one attached hydrogen (secondary N) is 2. The van der Waals surface area contributed by atoms with Gasteiger partial charge in [-0.3, -0.25) is 0 Å². The predicted octanol–water partition coefficient (Wildman–Crippen LogP) is 3.29. The van der Waals surface area contributed by atoms with Gasteiger partial charge in [0.15, 0.2) is 5.11 Å². The average molecular weight is 350 g/mol. The molecule has 2 aromatic rings. The molecule has 0 bridgehead atoms. The van der Waals surface area contributed by atoms with Gasteiger partial charge in [-0.25, -0.2) is 4.79 Å². The number of rotatable bonds is 7. The maximum atomic E-state index is 11.5.